The molecule has 1 aliphatic rings. The predicted octanol–water partition coefficient (Wildman–Crippen LogP) is 2.85. The van der Waals surface area contributed by atoms with Gasteiger partial charge in [0.2, 0.25) is 11.8 Å². The summed E-state index contributed by atoms with van der Waals surface area (Å²) in [7, 11) is 0. The van der Waals surface area contributed by atoms with Crippen molar-refractivity contribution in [3.63, 3.8) is 0 Å². The fraction of sp³-hybridized carbons (Fsp3) is 0.316. The van der Waals surface area contributed by atoms with Crippen LogP contribution in [0.2, 0.25) is 0 Å². The molecule has 2 aromatic rings. The van der Waals surface area contributed by atoms with Crippen molar-refractivity contribution in [3.05, 3.63) is 49.9 Å². The number of anilines is 1. The summed E-state index contributed by atoms with van der Waals surface area (Å²) in [5.41, 5.74) is 11.7. The number of amides is 3. The van der Waals surface area contributed by atoms with Gasteiger partial charge in [0.15, 0.2) is 0 Å². The van der Waals surface area contributed by atoms with E-state index in [0.717, 1.165) is 60.4 Å². The highest BCUT2D eigenvalue weighted by Gasteiger charge is 2.24. The molecule has 9 nitrogen and oxygen atoms in total. The molecule has 1 aromatic heterocycles. The lowest BCUT2D eigenvalue weighted by atomic mass is 10.1. The zero-order valence-corrected chi connectivity index (χ0v) is 17.6. The average Bonchev–Trinajstić information content (AvgIpc) is 2.86. The molecule has 1 aliphatic carbocycles. The fourth-order valence-electron chi connectivity index (χ4n) is 3.33. The third-order valence-corrected chi connectivity index (χ3v) is 6.99. The number of carbonyl (C=O) groups excluding carboxylic acids is 3. The molecule has 0 atom stereocenters. The fourth-order valence-corrected chi connectivity index (χ4v) is 5.45. The monoisotopic (exact) mass is 448 g/mol. The van der Waals surface area contributed by atoms with Crippen LogP contribution in [0.25, 0.3) is 0 Å². The summed E-state index contributed by atoms with van der Waals surface area (Å²) >= 11 is 2.32. The number of rotatable bonds is 7. The van der Waals surface area contributed by atoms with Gasteiger partial charge in [-0.15, -0.1) is 23.1 Å². The minimum Gasteiger partial charge on any atom is -0.366 e. The molecule has 0 saturated heterocycles. The van der Waals surface area contributed by atoms with Crippen molar-refractivity contribution in [3.8, 4) is 0 Å². The van der Waals surface area contributed by atoms with Gasteiger partial charge in [0.25, 0.3) is 11.6 Å². The Morgan fingerprint density at radius 2 is 1.87 bits per heavy atom. The first-order valence-corrected chi connectivity index (χ1v) is 11.0. The summed E-state index contributed by atoms with van der Waals surface area (Å²) in [5.74, 6) is -1.87. The van der Waals surface area contributed by atoms with E-state index in [9.17, 15) is 24.5 Å². The normalized spacial score (nSPS) is 13.2. The summed E-state index contributed by atoms with van der Waals surface area (Å²) in [6.07, 6.45) is 4.69. The van der Waals surface area contributed by atoms with Gasteiger partial charge in [-0.1, -0.05) is 6.42 Å². The molecule has 0 aliphatic heterocycles. The van der Waals surface area contributed by atoms with Crippen LogP contribution in [0.15, 0.2) is 23.1 Å². The number of aryl methyl sites for hydroxylation is 1. The molecule has 5 N–H and O–H groups in total. The molecular weight excluding hydrogens is 428 g/mol. The van der Waals surface area contributed by atoms with E-state index in [-0.39, 0.29) is 21.9 Å². The zero-order valence-electron chi connectivity index (χ0n) is 15.9. The Labute approximate surface area is 180 Å². The van der Waals surface area contributed by atoms with E-state index in [0.29, 0.717) is 10.6 Å². The van der Waals surface area contributed by atoms with Crippen LogP contribution in [0.1, 0.15) is 50.4 Å². The van der Waals surface area contributed by atoms with Crippen LogP contribution < -0.4 is 16.8 Å². The molecule has 0 fully saturated rings. The van der Waals surface area contributed by atoms with Crippen LogP contribution >= 0.6 is 23.1 Å². The summed E-state index contributed by atoms with van der Waals surface area (Å²) < 4.78 is 0. The van der Waals surface area contributed by atoms with E-state index in [1.165, 1.54) is 23.5 Å². The number of carbonyl (C=O) groups is 3. The highest BCUT2D eigenvalue weighted by atomic mass is 32.2. The molecule has 0 saturated carbocycles. The van der Waals surface area contributed by atoms with Crippen LogP contribution in [-0.2, 0) is 17.6 Å². The van der Waals surface area contributed by atoms with Gasteiger partial charge >= 0.3 is 0 Å². The van der Waals surface area contributed by atoms with Crippen LogP contribution in [0.5, 0.6) is 0 Å². The van der Waals surface area contributed by atoms with Crippen molar-refractivity contribution in [1.82, 2.24) is 0 Å². The van der Waals surface area contributed by atoms with Gasteiger partial charge in [-0.2, -0.15) is 0 Å². The van der Waals surface area contributed by atoms with Crippen LogP contribution in [0.4, 0.5) is 10.7 Å². The predicted molar refractivity (Wildman–Crippen MR) is 115 cm³/mol. The second-order valence-corrected chi connectivity index (χ2v) is 8.90. The second kappa shape index (κ2) is 9.26. The summed E-state index contributed by atoms with van der Waals surface area (Å²) in [4.78, 5) is 47.7. The number of nitro groups is 1. The Bertz CT molecular complexity index is 1030. The molecule has 11 heteroatoms. The first-order chi connectivity index (χ1) is 14.3. The number of benzene rings is 1. The number of thioether (sulfide) groups is 1. The largest absolute Gasteiger partial charge is 0.366 e. The van der Waals surface area contributed by atoms with E-state index in [2.05, 4.69) is 5.32 Å². The Morgan fingerprint density at radius 1 is 1.13 bits per heavy atom. The van der Waals surface area contributed by atoms with Gasteiger partial charge in [0, 0.05) is 16.5 Å². The number of hydrogen-bond acceptors (Lipinski definition) is 7. The van der Waals surface area contributed by atoms with E-state index < -0.39 is 22.6 Å². The second-order valence-electron chi connectivity index (χ2n) is 6.77. The van der Waals surface area contributed by atoms with Crippen molar-refractivity contribution in [2.24, 2.45) is 11.5 Å². The van der Waals surface area contributed by atoms with Gasteiger partial charge in [0.05, 0.1) is 21.1 Å². The molecule has 1 heterocycles. The Morgan fingerprint density at radius 3 is 2.53 bits per heavy atom. The maximum absolute atomic E-state index is 12.5. The summed E-state index contributed by atoms with van der Waals surface area (Å²) in [6.45, 7) is 0. The molecule has 0 bridgehead atoms. The molecule has 0 radical (unpaired) electrons. The SMILES string of the molecule is NC(=O)c1ccc(SCC(=O)Nc2sc3c(c2C(N)=O)CCCCC3)c([N+](=O)[O-])c1. The molecular formula is C19H20N4O5S2. The van der Waals surface area contributed by atoms with E-state index in [1.54, 1.807) is 0 Å². The van der Waals surface area contributed by atoms with Crippen LogP contribution in [0, 0.1) is 10.1 Å². The van der Waals surface area contributed by atoms with Gasteiger partial charge < -0.3 is 16.8 Å². The minimum absolute atomic E-state index is 0.0155. The zero-order chi connectivity index (χ0) is 21.8. The lowest BCUT2D eigenvalue weighted by Crippen LogP contribution is -2.19. The van der Waals surface area contributed by atoms with Crippen molar-refractivity contribution in [2.75, 3.05) is 11.1 Å². The van der Waals surface area contributed by atoms with Crippen molar-refractivity contribution in [1.29, 1.82) is 0 Å². The first-order valence-electron chi connectivity index (χ1n) is 9.23. The summed E-state index contributed by atoms with van der Waals surface area (Å²) in [5, 5.41) is 14.4. The first kappa shape index (κ1) is 21.8. The van der Waals surface area contributed by atoms with E-state index >= 15 is 0 Å². The molecule has 1 aromatic carbocycles. The smallest absolute Gasteiger partial charge is 0.283 e. The van der Waals surface area contributed by atoms with E-state index in [1.807, 2.05) is 0 Å². The Balaban J connectivity index is 1.75. The quantitative estimate of drug-likeness (QED) is 0.256. The number of thiophene rings is 1. The standard InChI is InChI=1S/C19H20N4O5S2/c20-17(25)10-6-7-14(12(8-10)23(27)28)29-9-15(24)22-19-16(18(21)26)11-4-2-1-3-5-13(11)30-19/h6-8H,1-5,9H2,(H2,20,25)(H2,21,26)(H,22,24). The van der Waals surface area contributed by atoms with Crippen molar-refractivity contribution in [2.45, 2.75) is 37.0 Å². The molecule has 0 spiro atoms. The lowest BCUT2D eigenvalue weighted by Gasteiger charge is -2.07. The number of nitrogens with zero attached hydrogens (tertiary/aromatic N) is 1. The minimum atomic E-state index is -0.774. The van der Waals surface area contributed by atoms with Crippen molar-refractivity contribution >= 4 is 51.5 Å². The highest BCUT2D eigenvalue weighted by molar-refractivity contribution is 8.00. The molecule has 3 amide bonds. The number of nitrogens with two attached hydrogens (primary N) is 2. The van der Waals surface area contributed by atoms with Gasteiger partial charge in [0.1, 0.15) is 5.00 Å². The van der Waals surface area contributed by atoms with Gasteiger partial charge in [-0.25, -0.2) is 0 Å². The number of nitro benzene ring substituents is 1. The van der Waals surface area contributed by atoms with Crippen LogP contribution in [0.3, 0.4) is 0 Å². The molecule has 0 unspecified atom stereocenters. The number of primary amides is 2. The molecule has 3 rings (SSSR count). The molecule has 30 heavy (non-hydrogen) atoms. The number of fused-ring (bicyclic) bond motifs is 1. The number of nitrogens with one attached hydrogen (secondary N) is 1. The average molecular weight is 449 g/mol. The third kappa shape index (κ3) is 4.79. The number of hydrogen-bond donors (Lipinski definition) is 3. The summed E-state index contributed by atoms with van der Waals surface area (Å²) in [6, 6.07) is 3.85. The Kier molecular flexibility index (Phi) is 6.73. The topological polar surface area (TPSA) is 158 Å². The van der Waals surface area contributed by atoms with Gasteiger partial charge in [-0.3, -0.25) is 24.5 Å². The Hall–Kier alpha value is -2.92. The maximum Gasteiger partial charge on any atom is 0.283 e. The third-order valence-electron chi connectivity index (χ3n) is 4.72. The maximum atomic E-state index is 12.5. The lowest BCUT2D eigenvalue weighted by molar-refractivity contribution is -0.387. The molecule has 158 valence electrons. The van der Waals surface area contributed by atoms with Gasteiger partial charge in [-0.05, 0) is 43.4 Å². The van der Waals surface area contributed by atoms with E-state index in [4.69, 9.17) is 11.5 Å². The highest BCUT2D eigenvalue weighted by Crippen LogP contribution is 2.37. The van der Waals surface area contributed by atoms with Crippen molar-refractivity contribution < 1.29 is 19.3 Å². The van der Waals surface area contributed by atoms with Crippen LogP contribution in [-0.4, -0.2) is 28.4 Å².